The van der Waals surface area contributed by atoms with E-state index in [4.69, 9.17) is 11.6 Å². The zero-order valence-corrected chi connectivity index (χ0v) is 21.6. The molecule has 1 amide bonds. The largest absolute Gasteiger partial charge is 0.351 e. The number of nitrogens with one attached hydrogen (secondary N) is 1. The number of carbonyl (C=O) groups excluding carboxylic acids is 1. The van der Waals surface area contributed by atoms with E-state index in [-0.39, 0.29) is 16.1 Å². The number of rotatable bonds is 6. The molecule has 0 spiro atoms. The Morgan fingerprint density at radius 3 is 2.57 bits per heavy atom. The predicted octanol–water partition coefficient (Wildman–Crippen LogP) is 4.64. The lowest BCUT2D eigenvalue weighted by atomic mass is 9.97. The first-order valence-corrected chi connectivity index (χ1v) is 13.1. The fourth-order valence-electron chi connectivity index (χ4n) is 4.57. The van der Waals surface area contributed by atoms with Crippen molar-refractivity contribution < 1.29 is 13.2 Å². The van der Waals surface area contributed by atoms with Crippen molar-refractivity contribution in [2.45, 2.75) is 37.8 Å². The topological polar surface area (TPSA) is 95.5 Å². The highest BCUT2D eigenvalue weighted by molar-refractivity contribution is 7.90. The van der Waals surface area contributed by atoms with E-state index < -0.39 is 15.9 Å². The molecule has 4 rings (SSSR count). The molecule has 1 aliphatic heterocycles. The molecule has 8 nitrogen and oxygen atoms in total. The third-order valence-electron chi connectivity index (χ3n) is 6.13. The first-order valence-electron chi connectivity index (χ1n) is 11.2. The average Bonchev–Trinajstić information content (AvgIpc) is 3.10. The van der Waals surface area contributed by atoms with Crippen LogP contribution in [0, 0.1) is 5.92 Å². The predicted molar refractivity (Wildman–Crippen MR) is 138 cm³/mol. The second-order valence-corrected chi connectivity index (χ2v) is 11.4. The molecule has 1 atom stereocenters. The standard InChI is InChI=1S/C25H28ClN5O3S/c1-17-15-25(2,3)31(16-17)23-18(9-8-14-27-23)24(32)29-35(33,34)22-13-7-12-21(28-22)30(4)20-11-6-5-10-19(20)26/h5-14,17H,15-16H2,1-4H3,(H,29,32). The van der Waals surface area contributed by atoms with Crippen LogP contribution in [0.4, 0.5) is 17.3 Å². The molecule has 1 aromatic carbocycles. The minimum atomic E-state index is -4.25. The monoisotopic (exact) mass is 513 g/mol. The molecule has 184 valence electrons. The molecule has 3 aromatic rings. The van der Waals surface area contributed by atoms with Crippen LogP contribution >= 0.6 is 11.6 Å². The maximum absolute atomic E-state index is 13.2. The normalized spacial score (nSPS) is 17.3. The van der Waals surface area contributed by atoms with Gasteiger partial charge < -0.3 is 9.80 Å². The van der Waals surface area contributed by atoms with Crippen molar-refractivity contribution in [3.8, 4) is 0 Å². The van der Waals surface area contributed by atoms with Gasteiger partial charge in [-0.1, -0.05) is 36.7 Å². The number of sulfonamides is 1. The molecule has 1 fully saturated rings. The van der Waals surface area contributed by atoms with Gasteiger partial charge in [0.25, 0.3) is 15.9 Å². The number of hydrogen-bond donors (Lipinski definition) is 1. The number of para-hydroxylation sites is 1. The molecule has 1 unspecified atom stereocenters. The molecule has 3 heterocycles. The molecule has 1 aliphatic rings. The average molecular weight is 514 g/mol. The third-order valence-corrected chi connectivity index (χ3v) is 7.68. The maximum Gasteiger partial charge on any atom is 0.281 e. The van der Waals surface area contributed by atoms with E-state index >= 15 is 0 Å². The number of amides is 1. The summed E-state index contributed by atoms with van der Waals surface area (Å²) in [6.07, 6.45) is 2.55. The van der Waals surface area contributed by atoms with Crippen LogP contribution in [0.1, 0.15) is 37.6 Å². The Kier molecular flexibility index (Phi) is 6.75. The van der Waals surface area contributed by atoms with Crippen LogP contribution in [0.25, 0.3) is 0 Å². The van der Waals surface area contributed by atoms with Crippen molar-refractivity contribution in [1.29, 1.82) is 0 Å². The van der Waals surface area contributed by atoms with Gasteiger partial charge >= 0.3 is 0 Å². The molecule has 1 N–H and O–H groups in total. The van der Waals surface area contributed by atoms with Gasteiger partial charge in [0.2, 0.25) is 0 Å². The second-order valence-electron chi connectivity index (χ2n) is 9.39. The summed E-state index contributed by atoms with van der Waals surface area (Å²) in [6.45, 7) is 7.06. The summed E-state index contributed by atoms with van der Waals surface area (Å²) in [5, 5.41) is 0.226. The molecule has 1 saturated heterocycles. The number of hydrogen-bond acceptors (Lipinski definition) is 7. The molecule has 2 aromatic heterocycles. The van der Waals surface area contributed by atoms with Crippen LogP contribution in [0.5, 0.6) is 0 Å². The van der Waals surface area contributed by atoms with Gasteiger partial charge in [-0.3, -0.25) is 4.79 Å². The van der Waals surface area contributed by atoms with E-state index in [1.54, 1.807) is 60.6 Å². The zero-order valence-electron chi connectivity index (χ0n) is 20.1. The van der Waals surface area contributed by atoms with Gasteiger partial charge in [-0.2, -0.15) is 8.42 Å². The molecule has 0 bridgehead atoms. The molecule has 0 saturated carbocycles. The van der Waals surface area contributed by atoms with E-state index in [9.17, 15) is 13.2 Å². The number of nitrogens with zero attached hydrogens (tertiary/aromatic N) is 4. The Hall–Kier alpha value is -3.17. The third kappa shape index (κ3) is 5.11. The Labute approximate surface area is 211 Å². The van der Waals surface area contributed by atoms with Crippen molar-refractivity contribution in [2.75, 3.05) is 23.4 Å². The van der Waals surface area contributed by atoms with Crippen LogP contribution in [-0.2, 0) is 10.0 Å². The summed E-state index contributed by atoms with van der Waals surface area (Å²) in [7, 11) is -2.52. The van der Waals surface area contributed by atoms with Crippen LogP contribution in [0.2, 0.25) is 5.02 Å². The van der Waals surface area contributed by atoms with Gasteiger partial charge in [0.1, 0.15) is 11.6 Å². The molecule has 10 heteroatoms. The molecule has 0 radical (unpaired) electrons. The van der Waals surface area contributed by atoms with Crippen molar-refractivity contribution in [1.82, 2.24) is 14.7 Å². The minimum Gasteiger partial charge on any atom is -0.351 e. The summed E-state index contributed by atoms with van der Waals surface area (Å²) in [4.78, 5) is 25.6. The van der Waals surface area contributed by atoms with Crippen molar-refractivity contribution in [2.24, 2.45) is 5.92 Å². The SMILES string of the molecule is CC1CN(c2ncccc2C(=O)NS(=O)(=O)c2cccc(N(C)c3ccccc3Cl)n2)C(C)(C)C1. The summed E-state index contributed by atoms with van der Waals surface area (Å²) < 4.78 is 28.4. The Bertz CT molecular complexity index is 1360. The maximum atomic E-state index is 13.2. The lowest BCUT2D eigenvalue weighted by Crippen LogP contribution is -2.41. The second kappa shape index (κ2) is 9.47. The van der Waals surface area contributed by atoms with Gasteiger partial charge in [-0.15, -0.1) is 0 Å². The quantitative estimate of drug-likeness (QED) is 0.513. The molecular formula is C25H28ClN5O3S. The number of aromatic nitrogens is 2. The number of anilines is 3. The van der Waals surface area contributed by atoms with E-state index in [0.29, 0.717) is 28.3 Å². The van der Waals surface area contributed by atoms with Crippen LogP contribution in [0.15, 0.2) is 65.8 Å². The Morgan fingerprint density at radius 1 is 1.14 bits per heavy atom. The van der Waals surface area contributed by atoms with Crippen molar-refractivity contribution >= 4 is 44.9 Å². The first kappa shape index (κ1) is 24.9. The number of pyridine rings is 2. The van der Waals surface area contributed by atoms with Gasteiger partial charge in [0.05, 0.1) is 16.3 Å². The summed E-state index contributed by atoms with van der Waals surface area (Å²) in [5.74, 6) is 0.502. The first-order chi connectivity index (χ1) is 16.5. The van der Waals surface area contributed by atoms with Crippen LogP contribution < -0.4 is 14.5 Å². The van der Waals surface area contributed by atoms with Gasteiger partial charge in [-0.05, 0) is 62.6 Å². The Balaban J connectivity index is 1.61. The summed E-state index contributed by atoms with van der Waals surface area (Å²) in [6, 6.07) is 15.0. The van der Waals surface area contributed by atoms with Gasteiger partial charge in [0, 0.05) is 25.3 Å². The highest BCUT2D eigenvalue weighted by Crippen LogP contribution is 2.37. The number of carbonyl (C=O) groups is 1. The highest BCUT2D eigenvalue weighted by Gasteiger charge is 2.39. The summed E-state index contributed by atoms with van der Waals surface area (Å²) >= 11 is 6.28. The minimum absolute atomic E-state index is 0.197. The van der Waals surface area contributed by atoms with Crippen molar-refractivity contribution in [3.05, 3.63) is 71.4 Å². The van der Waals surface area contributed by atoms with E-state index in [0.717, 1.165) is 13.0 Å². The van der Waals surface area contributed by atoms with Crippen LogP contribution in [0.3, 0.4) is 0 Å². The lowest BCUT2D eigenvalue weighted by Gasteiger charge is -2.33. The fourth-order valence-corrected chi connectivity index (χ4v) is 5.76. The number of benzene rings is 1. The van der Waals surface area contributed by atoms with Crippen LogP contribution in [-0.4, -0.2) is 43.4 Å². The molecule has 35 heavy (non-hydrogen) atoms. The lowest BCUT2D eigenvalue weighted by molar-refractivity contribution is 0.0981. The summed E-state index contributed by atoms with van der Waals surface area (Å²) in [5.41, 5.74) is 0.659. The highest BCUT2D eigenvalue weighted by atomic mass is 35.5. The number of halogens is 1. The van der Waals surface area contributed by atoms with Gasteiger partial charge in [0.15, 0.2) is 5.03 Å². The van der Waals surface area contributed by atoms with E-state index in [1.165, 1.54) is 6.07 Å². The smallest absolute Gasteiger partial charge is 0.281 e. The fraction of sp³-hybridized carbons (Fsp3) is 0.320. The zero-order chi connectivity index (χ0) is 25.4. The van der Waals surface area contributed by atoms with Gasteiger partial charge in [-0.25, -0.2) is 14.7 Å². The molecule has 0 aliphatic carbocycles. The molecular weight excluding hydrogens is 486 g/mol. The van der Waals surface area contributed by atoms with E-state index in [2.05, 4.69) is 40.4 Å². The Morgan fingerprint density at radius 2 is 1.89 bits per heavy atom. The van der Waals surface area contributed by atoms with Crippen molar-refractivity contribution in [3.63, 3.8) is 0 Å². The van der Waals surface area contributed by atoms with E-state index in [1.807, 2.05) is 6.07 Å².